The minimum Gasteiger partial charge on any atom is -0.307 e. The Balaban J connectivity index is 2.09. The van der Waals surface area contributed by atoms with E-state index in [1.807, 2.05) is 38.4 Å². The molecule has 0 saturated heterocycles. The average Bonchev–Trinajstić information content (AvgIpc) is 2.86. The lowest BCUT2D eigenvalue weighted by molar-refractivity contribution is 0.587. The van der Waals surface area contributed by atoms with Crippen LogP contribution in [0.1, 0.15) is 17.4 Å². The molecule has 0 aliphatic rings. The lowest BCUT2D eigenvalue weighted by atomic mass is 10.1. The van der Waals surface area contributed by atoms with Gasteiger partial charge in [-0.2, -0.15) is 0 Å². The van der Waals surface area contributed by atoms with Crippen LogP contribution in [-0.4, -0.2) is 32.0 Å². The summed E-state index contributed by atoms with van der Waals surface area (Å²) in [6.07, 6.45) is 3.52. The van der Waals surface area contributed by atoms with Gasteiger partial charge in [-0.15, -0.1) is 5.10 Å². The Labute approximate surface area is 110 Å². The first kappa shape index (κ1) is 11.7. The minimum absolute atomic E-state index is 0.0721. The summed E-state index contributed by atoms with van der Waals surface area (Å²) in [4.78, 5) is 9.09. The number of para-hydroxylation sites is 2. The van der Waals surface area contributed by atoms with E-state index in [1.165, 1.54) is 0 Å². The van der Waals surface area contributed by atoms with Crippen molar-refractivity contribution >= 4 is 11.0 Å². The molecule has 1 atom stereocenters. The Morgan fingerprint density at radius 2 is 1.95 bits per heavy atom. The number of rotatable bonds is 3. The summed E-state index contributed by atoms with van der Waals surface area (Å²) in [6.45, 7) is 0. The van der Waals surface area contributed by atoms with Gasteiger partial charge in [0.1, 0.15) is 0 Å². The third kappa shape index (κ3) is 2.06. The number of benzene rings is 1. The fraction of sp³-hybridized carbons (Fsp3) is 0.231. The average molecular weight is 254 g/mol. The molecule has 1 N–H and O–H groups in total. The van der Waals surface area contributed by atoms with Crippen molar-refractivity contribution in [2.75, 3.05) is 7.05 Å². The second kappa shape index (κ2) is 4.74. The standard InChI is InChI=1S/C13H14N6/c1-14-13(12-8-16-18-19(12)2)11-7-15-9-5-3-4-6-10(9)17-11/h3-8,13-14H,1-2H3. The van der Waals surface area contributed by atoms with Crippen LogP contribution in [0.5, 0.6) is 0 Å². The SMILES string of the molecule is CNC(c1cnc2ccccc2n1)c1cnnn1C. The van der Waals surface area contributed by atoms with Crippen LogP contribution in [0.25, 0.3) is 11.0 Å². The van der Waals surface area contributed by atoms with E-state index in [2.05, 4.69) is 25.6 Å². The summed E-state index contributed by atoms with van der Waals surface area (Å²) in [5.41, 5.74) is 3.58. The normalized spacial score (nSPS) is 12.7. The molecule has 2 aromatic heterocycles. The first-order valence-electron chi connectivity index (χ1n) is 6.03. The summed E-state index contributed by atoms with van der Waals surface area (Å²) in [7, 11) is 3.75. The van der Waals surface area contributed by atoms with E-state index in [-0.39, 0.29) is 6.04 Å². The second-order valence-corrected chi connectivity index (χ2v) is 4.29. The van der Waals surface area contributed by atoms with Crippen molar-refractivity contribution < 1.29 is 0 Å². The van der Waals surface area contributed by atoms with Gasteiger partial charge >= 0.3 is 0 Å². The van der Waals surface area contributed by atoms with Crippen LogP contribution in [0.4, 0.5) is 0 Å². The first-order chi connectivity index (χ1) is 9.29. The lowest BCUT2D eigenvalue weighted by Gasteiger charge is -2.15. The summed E-state index contributed by atoms with van der Waals surface area (Å²) in [5.74, 6) is 0. The highest BCUT2D eigenvalue weighted by molar-refractivity contribution is 5.73. The minimum atomic E-state index is -0.0721. The maximum atomic E-state index is 4.65. The highest BCUT2D eigenvalue weighted by Crippen LogP contribution is 2.19. The van der Waals surface area contributed by atoms with E-state index in [1.54, 1.807) is 17.1 Å². The Morgan fingerprint density at radius 3 is 2.63 bits per heavy atom. The van der Waals surface area contributed by atoms with E-state index in [4.69, 9.17) is 0 Å². The molecule has 0 aliphatic heterocycles. The monoisotopic (exact) mass is 254 g/mol. The van der Waals surface area contributed by atoms with E-state index >= 15 is 0 Å². The first-order valence-corrected chi connectivity index (χ1v) is 6.03. The summed E-state index contributed by atoms with van der Waals surface area (Å²) in [6, 6.07) is 7.75. The molecule has 3 aromatic rings. The highest BCUT2D eigenvalue weighted by atomic mass is 15.4. The largest absolute Gasteiger partial charge is 0.307 e. The Kier molecular flexibility index (Phi) is 2.92. The van der Waals surface area contributed by atoms with Gasteiger partial charge in [0.15, 0.2) is 0 Å². The molecule has 0 aliphatic carbocycles. The molecule has 6 heteroatoms. The second-order valence-electron chi connectivity index (χ2n) is 4.29. The molecule has 0 bridgehead atoms. The van der Waals surface area contributed by atoms with Crippen molar-refractivity contribution in [1.29, 1.82) is 0 Å². The Morgan fingerprint density at radius 1 is 1.16 bits per heavy atom. The van der Waals surface area contributed by atoms with Crippen LogP contribution in [-0.2, 0) is 7.05 Å². The van der Waals surface area contributed by atoms with Gasteiger partial charge in [-0.3, -0.25) is 9.67 Å². The summed E-state index contributed by atoms with van der Waals surface area (Å²) < 4.78 is 1.73. The van der Waals surface area contributed by atoms with Crippen molar-refractivity contribution in [1.82, 2.24) is 30.3 Å². The van der Waals surface area contributed by atoms with Gasteiger partial charge in [0.25, 0.3) is 0 Å². The zero-order valence-corrected chi connectivity index (χ0v) is 10.8. The van der Waals surface area contributed by atoms with Crippen molar-refractivity contribution in [2.45, 2.75) is 6.04 Å². The van der Waals surface area contributed by atoms with Crippen LogP contribution in [0.3, 0.4) is 0 Å². The van der Waals surface area contributed by atoms with Gasteiger partial charge in [0.2, 0.25) is 0 Å². The molecule has 3 rings (SSSR count). The summed E-state index contributed by atoms with van der Waals surface area (Å²) in [5, 5.41) is 11.1. The molecule has 0 radical (unpaired) electrons. The maximum Gasteiger partial charge on any atom is 0.0951 e. The molecule has 1 unspecified atom stereocenters. The number of aryl methyl sites for hydroxylation is 1. The van der Waals surface area contributed by atoms with Crippen molar-refractivity contribution in [3.05, 3.63) is 48.0 Å². The van der Waals surface area contributed by atoms with Gasteiger partial charge in [-0.25, -0.2) is 4.98 Å². The molecule has 0 saturated carbocycles. The molecule has 1 aromatic carbocycles. The molecule has 0 spiro atoms. The Bertz CT molecular complexity index is 705. The number of nitrogens with zero attached hydrogens (tertiary/aromatic N) is 5. The lowest BCUT2D eigenvalue weighted by Crippen LogP contribution is -2.21. The molecule has 2 heterocycles. The number of aromatic nitrogens is 5. The fourth-order valence-electron chi connectivity index (χ4n) is 2.12. The van der Waals surface area contributed by atoms with Crippen LogP contribution >= 0.6 is 0 Å². The number of fused-ring (bicyclic) bond motifs is 1. The van der Waals surface area contributed by atoms with Crippen LogP contribution in [0.15, 0.2) is 36.7 Å². The fourth-order valence-corrected chi connectivity index (χ4v) is 2.12. The van der Waals surface area contributed by atoms with Gasteiger partial charge in [0, 0.05) is 7.05 Å². The van der Waals surface area contributed by atoms with E-state index < -0.39 is 0 Å². The predicted octanol–water partition coefficient (Wildman–Crippen LogP) is 1.07. The number of hydrogen-bond donors (Lipinski definition) is 1. The third-order valence-electron chi connectivity index (χ3n) is 3.10. The molecule has 96 valence electrons. The van der Waals surface area contributed by atoms with Gasteiger partial charge in [-0.1, -0.05) is 17.3 Å². The van der Waals surface area contributed by atoms with E-state index in [9.17, 15) is 0 Å². The quantitative estimate of drug-likeness (QED) is 0.757. The molecule has 0 amide bonds. The van der Waals surface area contributed by atoms with Crippen LogP contribution in [0.2, 0.25) is 0 Å². The molecule has 19 heavy (non-hydrogen) atoms. The van der Waals surface area contributed by atoms with E-state index in [0.29, 0.717) is 0 Å². The van der Waals surface area contributed by atoms with Crippen LogP contribution < -0.4 is 5.32 Å². The predicted molar refractivity (Wildman–Crippen MR) is 71.4 cm³/mol. The smallest absolute Gasteiger partial charge is 0.0951 e. The van der Waals surface area contributed by atoms with E-state index in [0.717, 1.165) is 22.4 Å². The van der Waals surface area contributed by atoms with Crippen molar-refractivity contribution in [2.24, 2.45) is 7.05 Å². The zero-order chi connectivity index (χ0) is 13.2. The topological polar surface area (TPSA) is 68.5 Å². The zero-order valence-electron chi connectivity index (χ0n) is 10.8. The number of nitrogens with one attached hydrogen (secondary N) is 1. The molecule has 0 fully saturated rings. The maximum absolute atomic E-state index is 4.65. The van der Waals surface area contributed by atoms with Gasteiger partial charge < -0.3 is 5.32 Å². The number of hydrogen-bond acceptors (Lipinski definition) is 5. The van der Waals surface area contributed by atoms with Crippen molar-refractivity contribution in [3.63, 3.8) is 0 Å². The van der Waals surface area contributed by atoms with Gasteiger partial charge in [-0.05, 0) is 19.2 Å². The molecule has 6 nitrogen and oxygen atoms in total. The van der Waals surface area contributed by atoms with Gasteiger partial charge in [0.05, 0.1) is 40.9 Å². The summed E-state index contributed by atoms with van der Waals surface area (Å²) >= 11 is 0. The van der Waals surface area contributed by atoms with Crippen LogP contribution in [0, 0.1) is 0 Å². The Hall–Kier alpha value is -2.34. The molecular weight excluding hydrogens is 240 g/mol. The molecular formula is C13H14N6. The van der Waals surface area contributed by atoms with Crippen molar-refractivity contribution in [3.8, 4) is 0 Å². The highest BCUT2D eigenvalue weighted by Gasteiger charge is 2.18. The third-order valence-corrected chi connectivity index (χ3v) is 3.10.